The molecule has 3 nitrogen and oxygen atoms in total. The third-order valence-electron chi connectivity index (χ3n) is 5.65. The first-order chi connectivity index (χ1) is 15.6. The van der Waals surface area contributed by atoms with Crippen molar-refractivity contribution in [2.45, 2.75) is 25.6 Å². The summed E-state index contributed by atoms with van der Waals surface area (Å²) in [5.74, 6) is 0.146. The van der Waals surface area contributed by atoms with Crippen LogP contribution in [0.5, 0.6) is 5.75 Å². The Hall–Kier alpha value is -3.32. The second-order valence-corrected chi connectivity index (χ2v) is 8.68. The van der Waals surface area contributed by atoms with Crippen molar-refractivity contribution in [2.75, 3.05) is 0 Å². The normalized spacial score (nSPS) is 14.4. The number of imidazole rings is 1. The molecule has 0 saturated heterocycles. The summed E-state index contributed by atoms with van der Waals surface area (Å²) in [6.07, 6.45) is -4.50. The fraction of sp³-hybridized carbons (Fsp3) is 0.160. The van der Waals surface area contributed by atoms with Crippen LogP contribution in [0.2, 0.25) is 5.02 Å². The maximum absolute atomic E-state index is 14.5. The Morgan fingerprint density at radius 1 is 0.970 bits per heavy atom. The Bertz CT molecular complexity index is 1370. The molecular formula is C25H17ClF4N2O. The average Bonchev–Trinajstić information content (AvgIpc) is 3.19. The smallest absolute Gasteiger partial charge is 0.417 e. The lowest BCUT2D eigenvalue weighted by atomic mass is 9.91. The van der Waals surface area contributed by atoms with Crippen molar-refractivity contribution in [1.29, 1.82) is 0 Å². The summed E-state index contributed by atoms with van der Waals surface area (Å²) in [6.45, 7) is 3.65. The number of rotatable bonds is 2. The number of fused-ring (bicyclic) bond motifs is 3. The van der Waals surface area contributed by atoms with Crippen molar-refractivity contribution in [3.63, 3.8) is 0 Å². The number of alkyl halides is 3. The van der Waals surface area contributed by atoms with Gasteiger partial charge in [0, 0.05) is 5.56 Å². The number of ether oxygens (including phenoxy) is 1. The van der Waals surface area contributed by atoms with Crippen LogP contribution < -0.4 is 4.74 Å². The Morgan fingerprint density at radius 2 is 1.73 bits per heavy atom. The SMILES string of the molecule is CC1(C)Oc2ccc(-c3ccccc3C(F)(F)F)cc2-c2nc(-c3c(F)cccc3Cl)[nH]c21. The highest BCUT2D eigenvalue weighted by Gasteiger charge is 2.38. The Kier molecular flexibility index (Phi) is 4.79. The number of hydrogen-bond acceptors (Lipinski definition) is 2. The zero-order valence-corrected chi connectivity index (χ0v) is 18.3. The highest BCUT2D eigenvalue weighted by molar-refractivity contribution is 6.33. The molecule has 4 aromatic rings. The lowest BCUT2D eigenvalue weighted by Crippen LogP contribution is -2.29. The van der Waals surface area contributed by atoms with Crippen LogP contribution in [0, 0.1) is 5.82 Å². The Morgan fingerprint density at radius 3 is 2.45 bits per heavy atom. The van der Waals surface area contributed by atoms with Gasteiger partial charge in [0.25, 0.3) is 0 Å². The predicted octanol–water partition coefficient (Wildman–Crippen LogP) is 7.85. The summed E-state index contributed by atoms with van der Waals surface area (Å²) in [4.78, 5) is 7.72. The third-order valence-corrected chi connectivity index (χ3v) is 5.96. The lowest BCUT2D eigenvalue weighted by molar-refractivity contribution is -0.137. The average molecular weight is 473 g/mol. The molecule has 0 radical (unpaired) electrons. The van der Waals surface area contributed by atoms with Gasteiger partial charge in [-0.25, -0.2) is 9.37 Å². The van der Waals surface area contributed by atoms with Gasteiger partial charge in [-0.05, 0) is 55.3 Å². The topological polar surface area (TPSA) is 37.9 Å². The number of benzene rings is 3. The Labute approximate surface area is 192 Å². The molecule has 0 atom stereocenters. The van der Waals surface area contributed by atoms with Gasteiger partial charge in [-0.2, -0.15) is 13.2 Å². The van der Waals surface area contributed by atoms with Crippen LogP contribution in [0.1, 0.15) is 25.1 Å². The van der Waals surface area contributed by atoms with Crippen LogP contribution in [-0.4, -0.2) is 9.97 Å². The molecule has 1 N–H and O–H groups in total. The molecule has 0 aliphatic carbocycles. The van der Waals surface area contributed by atoms with Gasteiger partial charge in [-0.3, -0.25) is 0 Å². The van der Waals surface area contributed by atoms with E-state index in [2.05, 4.69) is 9.97 Å². The molecule has 5 rings (SSSR count). The highest BCUT2D eigenvalue weighted by atomic mass is 35.5. The molecule has 0 saturated carbocycles. The Balaban J connectivity index is 1.71. The molecule has 3 aromatic carbocycles. The molecule has 0 spiro atoms. The molecule has 1 aliphatic heterocycles. The zero-order chi connectivity index (χ0) is 23.5. The molecular weight excluding hydrogens is 456 g/mol. The summed E-state index contributed by atoms with van der Waals surface area (Å²) in [6, 6.07) is 14.6. The second kappa shape index (κ2) is 7.35. The van der Waals surface area contributed by atoms with E-state index in [1.807, 2.05) is 13.8 Å². The lowest BCUT2D eigenvalue weighted by Gasteiger charge is -2.32. The summed E-state index contributed by atoms with van der Waals surface area (Å²) >= 11 is 6.23. The van der Waals surface area contributed by atoms with Crippen molar-refractivity contribution in [3.05, 3.63) is 82.8 Å². The first-order valence-corrected chi connectivity index (χ1v) is 10.5. The van der Waals surface area contributed by atoms with E-state index in [0.29, 0.717) is 28.3 Å². The van der Waals surface area contributed by atoms with Crippen LogP contribution in [0.15, 0.2) is 60.7 Å². The minimum Gasteiger partial charge on any atom is -0.481 e. The summed E-state index contributed by atoms with van der Waals surface area (Å²) < 4.78 is 61.4. The minimum absolute atomic E-state index is 0.0482. The number of aromatic nitrogens is 2. The predicted molar refractivity (Wildman–Crippen MR) is 119 cm³/mol. The molecule has 1 aromatic heterocycles. The number of halogens is 5. The van der Waals surface area contributed by atoms with Crippen LogP contribution in [0.4, 0.5) is 17.6 Å². The van der Waals surface area contributed by atoms with Gasteiger partial charge in [-0.1, -0.05) is 41.9 Å². The largest absolute Gasteiger partial charge is 0.481 e. The maximum atomic E-state index is 14.5. The van der Waals surface area contributed by atoms with Gasteiger partial charge in [-0.15, -0.1) is 0 Å². The summed E-state index contributed by atoms with van der Waals surface area (Å²) in [7, 11) is 0. The number of aromatic amines is 1. The van der Waals surface area contributed by atoms with E-state index < -0.39 is 23.2 Å². The molecule has 2 heterocycles. The van der Waals surface area contributed by atoms with Crippen molar-refractivity contribution in [2.24, 2.45) is 0 Å². The second-order valence-electron chi connectivity index (χ2n) is 8.27. The molecule has 168 valence electrons. The fourth-order valence-corrected chi connectivity index (χ4v) is 4.38. The minimum atomic E-state index is -4.50. The fourth-order valence-electron chi connectivity index (χ4n) is 4.13. The quantitative estimate of drug-likeness (QED) is 0.302. The zero-order valence-electron chi connectivity index (χ0n) is 17.5. The van der Waals surface area contributed by atoms with Crippen molar-refractivity contribution < 1.29 is 22.3 Å². The van der Waals surface area contributed by atoms with Gasteiger partial charge < -0.3 is 9.72 Å². The van der Waals surface area contributed by atoms with Crippen LogP contribution >= 0.6 is 11.6 Å². The molecule has 0 unspecified atom stereocenters. The van der Waals surface area contributed by atoms with Gasteiger partial charge >= 0.3 is 6.18 Å². The van der Waals surface area contributed by atoms with E-state index in [1.165, 1.54) is 24.3 Å². The van der Waals surface area contributed by atoms with Gasteiger partial charge in [0.1, 0.15) is 23.0 Å². The van der Waals surface area contributed by atoms with Gasteiger partial charge in [0.15, 0.2) is 0 Å². The molecule has 0 fully saturated rings. The van der Waals surface area contributed by atoms with Crippen molar-refractivity contribution in [3.8, 4) is 39.5 Å². The van der Waals surface area contributed by atoms with Crippen LogP contribution in [0.3, 0.4) is 0 Å². The van der Waals surface area contributed by atoms with Crippen molar-refractivity contribution >= 4 is 11.6 Å². The first kappa shape index (κ1) is 21.5. The molecule has 0 amide bonds. The van der Waals surface area contributed by atoms with Crippen molar-refractivity contribution in [1.82, 2.24) is 9.97 Å². The van der Waals surface area contributed by atoms with E-state index >= 15 is 0 Å². The maximum Gasteiger partial charge on any atom is 0.417 e. The molecule has 8 heteroatoms. The molecule has 0 bridgehead atoms. The van der Waals surface area contributed by atoms with E-state index in [1.54, 1.807) is 30.3 Å². The van der Waals surface area contributed by atoms with Crippen LogP contribution in [0.25, 0.3) is 33.8 Å². The summed E-state index contributed by atoms with van der Waals surface area (Å²) in [5.41, 5.74) is 0.516. The standard InChI is InChI=1S/C25H17ClF4N2O/c1-24(2)22-21(31-23(32-22)20-17(26)8-5-9-18(20)27)15-12-13(10-11-19(15)33-24)14-6-3-4-7-16(14)25(28,29)30/h3-12H,1-2H3,(H,31,32). The highest BCUT2D eigenvalue weighted by Crippen LogP contribution is 2.47. The number of H-pyrrole nitrogens is 1. The molecule has 33 heavy (non-hydrogen) atoms. The van der Waals surface area contributed by atoms with Gasteiger partial charge in [0.2, 0.25) is 0 Å². The monoisotopic (exact) mass is 472 g/mol. The van der Waals surface area contributed by atoms with E-state index in [-0.39, 0.29) is 22.0 Å². The number of nitrogens with zero attached hydrogens (tertiary/aromatic N) is 1. The van der Waals surface area contributed by atoms with Crippen LogP contribution in [-0.2, 0) is 11.8 Å². The number of nitrogens with one attached hydrogen (secondary N) is 1. The van der Waals surface area contributed by atoms with Gasteiger partial charge in [0.05, 0.1) is 27.5 Å². The number of hydrogen-bond donors (Lipinski definition) is 1. The van der Waals surface area contributed by atoms with E-state index in [4.69, 9.17) is 16.3 Å². The first-order valence-electron chi connectivity index (χ1n) is 10.1. The molecule has 1 aliphatic rings. The summed E-state index contributed by atoms with van der Waals surface area (Å²) in [5, 5.41) is 0.188. The third kappa shape index (κ3) is 3.56. The van der Waals surface area contributed by atoms with E-state index in [9.17, 15) is 17.6 Å². The van der Waals surface area contributed by atoms with E-state index in [0.717, 1.165) is 6.07 Å².